The van der Waals surface area contributed by atoms with Crippen molar-refractivity contribution in [2.45, 2.75) is 45.8 Å². The van der Waals surface area contributed by atoms with Crippen LogP contribution < -0.4 is 10.1 Å². The summed E-state index contributed by atoms with van der Waals surface area (Å²) in [6, 6.07) is 6.04. The molecule has 2 rings (SSSR count). The zero-order valence-electron chi connectivity index (χ0n) is 15.1. The molecule has 1 amide bonds. The second kappa shape index (κ2) is 9.73. The number of nitrogens with one attached hydrogen (secondary N) is 1. The summed E-state index contributed by atoms with van der Waals surface area (Å²) in [4.78, 5) is 11.8. The van der Waals surface area contributed by atoms with E-state index in [1.807, 2.05) is 0 Å². The third-order valence-corrected chi connectivity index (χ3v) is 4.45. The molecular formula is C19H28FNO4. The van der Waals surface area contributed by atoms with Crippen LogP contribution in [0.2, 0.25) is 0 Å². The van der Waals surface area contributed by atoms with E-state index in [0.717, 1.165) is 25.7 Å². The summed E-state index contributed by atoms with van der Waals surface area (Å²) in [5.41, 5.74) is -0.0420. The first kappa shape index (κ1) is 19.7. The molecule has 1 atom stereocenters. The van der Waals surface area contributed by atoms with Crippen LogP contribution in [0.15, 0.2) is 24.3 Å². The number of benzene rings is 1. The van der Waals surface area contributed by atoms with Gasteiger partial charge in [0, 0.05) is 12.0 Å². The lowest BCUT2D eigenvalue weighted by atomic mass is 9.80. The Balaban J connectivity index is 1.68. The van der Waals surface area contributed by atoms with E-state index in [2.05, 4.69) is 19.2 Å². The molecule has 0 aromatic heterocycles. The van der Waals surface area contributed by atoms with Gasteiger partial charge in [-0.3, -0.25) is 4.79 Å². The number of para-hydroxylation sites is 1. The molecule has 0 aliphatic carbocycles. The summed E-state index contributed by atoms with van der Waals surface area (Å²) < 4.78 is 30.0. The van der Waals surface area contributed by atoms with Crippen LogP contribution in [0.1, 0.15) is 39.5 Å². The molecule has 1 aromatic rings. The van der Waals surface area contributed by atoms with Crippen LogP contribution in [0.3, 0.4) is 0 Å². The highest BCUT2D eigenvalue weighted by Crippen LogP contribution is 2.37. The predicted octanol–water partition coefficient (Wildman–Crippen LogP) is 3.28. The third-order valence-electron chi connectivity index (χ3n) is 4.45. The van der Waals surface area contributed by atoms with Gasteiger partial charge in [-0.2, -0.15) is 0 Å². The molecule has 1 aliphatic rings. The van der Waals surface area contributed by atoms with E-state index in [9.17, 15) is 9.18 Å². The molecule has 5 nitrogen and oxygen atoms in total. The molecule has 0 spiro atoms. The molecule has 1 unspecified atom stereocenters. The van der Waals surface area contributed by atoms with E-state index in [1.165, 1.54) is 12.1 Å². The minimum Gasteiger partial charge on any atom is -0.481 e. The van der Waals surface area contributed by atoms with Crippen LogP contribution in [0.25, 0.3) is 0 Å². The number of ether oxygens (including phenoxy) is 3. The SMILES string of the molecule is CCCC(C)(CCCNC(=O)COc1ccccc1F)C1OCCO1. The zero-order chi connectivity index (χ0) is 18.1. The highest BCUT2D eigenvalue weighted by Gasteiger charge is 2.37. The number of hydrogen-bond acceptors (Lipinski definition) is 4. The standard InChI is InChI=1S/C19H28FNO4/c1-3-9-19(2,18-23-12-13-24-18)10-6-11-21-17(22)14-25-16-8-5-4-7-15(16)20/h4-5,7-8,18H,3,6,9-14H2,1-2H3,(H,21,22). The van der Waals surface area contributed by atoms with Crippen LogP contribution >= 0.6 is 0 Å². The van der Waals surface area contributed by atoms with Crippen molar-refractivity contribution in [1.29, 1.82) is 0 Å². The highest BCUT2D eigenvalue weighted by atomic mass is 19.1. The minimum atomic E-state index is -0.470. The van der Waals surface area contributed by atoms with Gasteiger partial charge in [0.1, 0.15) is 0 Å². The Morgan fingerprint density at radius 2 is 2.04 bits per heavy atom. The fourth-order valence-electron chi connectivity index (χ4n) is 3.17. The van der Waals surface area contributed by atoms with Crippen molar-refractivity contribution in [1.82, 2.24) is 5.32 Å². The monoisotopic (exact) mass is 353 g/mol. The maximum absolute atomic E-state index is 13.4. The quantitative estimate of drug-likeness (QED) is 0.656. The van der Waals surface area contributed by atoms with Gasteiger partial charge in [-0.1, -0.05) is 32.4 Å². The van der Waals surface area contributed by atoms with Gasteiger partial charge in [-0.15, -0.1) is 0 Å². The molecule has 0 radical (unpaired) electrons. The molecule has 1 aromatic carbocycles. The van der Waals surface area contributed by atoms with Crippen LogP contribution in [0, 0.1) is 11.2 Å². The van der Waals surface area contributed by atoms with E-state index >= 15 is 0 Å². The maximum atomic E-state index is 13.4. The first-order valence-electron chi connectivity index (χ1n) is 8.92. The van der Waals surface area contributed by atoms with Crippen molar-refractivity contribution in [3.05, 3.63) is 30.1 Å². The fourth-order valence-corrected chi connectivity index (χ4v) is 3.17. The number of hydrogen-bond donors (Lipinski definition) is 1. The molecule has 1 N–H and O–H groups in total. The van der Waals surface area contributed by atoms with Crippen LogP contribution in [0.4, 0.5) is 4.39 Å². The van der Waals surface area contributed by atoms with Gasteiger partial charge in [0.25, 0.3) is 5.91 Å². The molecule has 0 bridgehead atoms. The topological polar surface area (TPSA) is 56.8 Å². The molecule has 1 fully saturated rings. The summed E-state index contributed by atoms with van der Waals surface area (Å²) in [5, 5.41) is 2.81. The lowest BCUT2D eigenvalue weighted by Gasteiger charge is -2.34. The van der Waals surface area contributed by atoms with Gasteiger partial charge in [0.15, 0.2) is 24.5 Å². The molecule has 6 heteroatoms. The van der Waals surface area contributed by atoms with Gasteiger partial charge in [0.05, 0.1) is 13.2 Å². The average molecular weight is 353 g/mol. The molecule has 1 heterocycles. The van der Waals surface area contributed by atoms with Gasteiger partial charge < -0.3 is 19.5 Å². The molecule has 140 valence electrons. The molecule has 1 aliphatic heterocycles. The van der Waals surface area contributed by atoms with E-state index in [-0.39, 0.29) is 30.0 Å². The summed E-state index contributed by atoms with van der Waals surface area (Å²) in [7, 11) is 0. The number of rotatable bonds is 10. The molecule has 0 saturated carbocycles. The number of carbonyl (C=O) groups excluding carboxylic acids is 1. The normalized spacial score (nSPS) is 17.2. The van der Waals surface area contributed by atoms with Crippen molar-refractivity contribution >= 4 is 5.91 Å². The van der Waals surface area contributed by atoms with Crippen molar-refractivity contribution in [3.63, 3.8) is 0 Å². The van der Waals surface area contributed by atoms with E-state index in [0.29, 0.717) is 19.8 Å². The average Bonchev–Trinajstić information content (AvgIpc) is 3.14. The summed E-state index contributed by atoms with van der Waals surface area (Å²) in [5.74, 6) is -0.639. The Morgan fingerprint density at radius 3 is 2.72 bits per heavy atom. The largest absolute Gasteiger partial charge is 0.481 e. The van der Waals surface area contributed by atoms with Crippen molar-refractivity contribution in [2.24, 2.45) is 5.41 Å². The summed E-state index contributed by atoms with van der Waals surface area (Å²) in [6.07, 6.45) is 3.64. The maximum Gasteiger partial charge on any atom is 0.257 e. The van der Waals surface area contributed by atoms with Gasteiger partial charge in [-0.25, -0.2) is 4.39 Å². The molecule has 25 heavy (non-hydrogen) atoms. The lowest BCUT2D eigenvalue weighted by Crippen LogP contribution is -2.35. The number of carbonyl (C=O) groups is 1. The van der Waals surface area contributed by atoms with Crippen LogP contribution in [-0.2, 0) is 14.3 Å². The Labute approximate surface area is 148 Å². The zero-order valence-corrected chi connectivity index (χ0v) is 15.1. The fraction of sp³-hybridized carbons (Fsp3) is 0.632. The Hall–Kier alpha value is -1.66. The van der Waals surface area contributed by atoms with E-state index in [4.69, 9.17) is 14.2 Å². The van der Waals surface area contributed by atoms with Gasteiger partial charge in [0.2, 0.25) is 0 Å². The molecule has 1 saturated heterocycles. The van der Waals surface area contributed by atoms with E-state index in [1.54, 1.807) is 12.1 Å². The van der Waals surface area contributed by atoms with Crippen molar-refractivity contribution < 1.29 is 23.4 Å². The van der Waals surface area contributed by atoms with Crippen molar-refractivity contribution in [3.8, 4) is 5.75 Å². The van der Waals surface area contributed by atoms with Crippen LogP contribution in [0.5, 0.6) is 5.75 Å². The van der Waals surface area contributed by atoms with E-state index < -0.39 is 5.82 Å². The third kappa shape index (κ3) is 5.97. The first-order chi connectivity index (χ1) is 12.0. The van der Waals surface area contributed by atoms with Gasteiger partial charge in [-0.05, 0) is 31.4 Å². The lowest BCUT2D eigenvalue weighted by molar-refractivity contribution is -0.133. The first-order valence-corrected chi connectivity index (χ1v) is 8.92. The minimum absolute atomic E-state index is 0.0420. The number of amides is 1. The molecular weight excluding hydrogens is 325 g/mol. The smallest absolute Gasteiger partial charge is 0.257 e. The summed E-state index contributed by atoms with van der Waals surface area (Å²) >= 11 is 0. The highest BCUT2D eigenvalue weighted by molar-refractivity contribution is 5.77. The second-order valence-corrected chi connectivity index (χ2v) is 6.65. The van der Waals surface area contributed by atoms with Crippen LogP contribution in [-0.4, -0.2) is 38.6 Å². The predicted molar refractivity (Wildman–Crippen MR) is 92.8 cm³/mol. The number of halogens is 1. The second-order valence-electron chi connectivity index (χ2n) is 6.65. The van der Waals surface area contributed by atoms with Gasteiger partial charge >= 0.3 is 0 Å². The Bertz CT molecular complexity index is 548. The Kier molecular flexibility index (Phi) is 7.65. The Morgan fingerprint density at radius 1 is 1.32 bits per heavy atom. The summed E-state index contributed by atoms with van der Waals surface area (Å²) in [6.45, 7) is 5.97. The van der Waals surface area contributed by atoms with Crippen molar-refractivity contribution in [2.75, 3.05) is 26.4 Å².